The van der Waals surface area contributed by atoms with E-state index in [1.807, 2.05) is 0 Å². The van der Waals surface area contributed by atoms with Gasteiger partial charge in [0.2, 0.25) is 5.91 Å². The number of ether oxygens (including phenoxy) is 1. The second kappa shape index (κ2) is 6.02. The first kappa shape index (κ1) is 12.4. The van der Waals surface area contributed by atoms with Crippen LogP contribution in [-0.2, 0) is 14.3 Å². The van der Waals surface area contributed by atoms with E-state index >= 15 is 0 Å². The summed E-state index contributed by atoms with van der Waals surface area (Å²) in [5.41, 5.74) is 0. The smallest absolute Gasteiger partial charge is 0.330 e. The number of esters is 1. The SMILES string of the molecule is CCOC(=O)/C=C\c1cnc(NC(C)=O)s1. The van der Waals surface area contributed by atoms with Crippen molar-refractivity contribution in [1.82, 2.24) is 4.98 Å². The molecule has 0 bridgehead atoms. The van der Waals surface area contributed by atoms with Gasteiger partial charge in [-0.3, -0.25) is 4.79 Å². The van der Waals surface area contributed by atoms with Crippen LogP contribution in [0.5, 0.6) is 0 Å². The molecule has 0 saturated heterocycles. The van der Waals surface area contributed by atoms with Gasteiger partial charge in [-0.1, -0.05) is 11.3 Å². The van der Waals surface area contributed by atoms with Gasteiger partial charge in [0.25, 0.3) is 0 Å². The normalized spacial score (nSPS) is 10.4. The highest BCUT2D eigenvalue weighted by Gasteiger charge is 2.01. The maximum atomic E-state index is 11.0. The fraction of sp³-hybridized carbons (Fsp3) is 0.300. The van der Waals surface area contributed by atoms with Crippen LogP contribution in [0.15, 0.2) is 12.3 Å². The third kappa shape index (κ3) is 4.22. The fourth-order valence-corrected chi connectivity index (χ4v) is 1.68. The number of carbonyl (C=O) groups is 2. The number of nitrogens with one attached hydrogen (secondary N) is 1. The zero-order valence-electron chi connectivity index (χ0n) is 9.02. The zero-order chi connectivity index (χ0) is 12.0. The predicted octanol–water partition coefficient (Wildman–Crippen LogP) is 1.68. The number of rotatable bonds is 4. The number of anilines is 1. The summed E-state index contributed by atoms with van der Waals surface area (Å²) in [6.07, 6.45) is 4.50. The van der Waals surface area contributed by atoms with Crippen molar-refractivity contribution >= 4 is 34.4 Å². The molecule has 0 saturated carbocycles. The van der Waals surface area contributed by atoms with Crippen molar-refractivity contribution in [3.63, 3.8) is 0 Å². The molecule has 0 spiro atoms. The molecule has 16 heavy (non-hydrogen) atoms. The average molecular weight is 240 g/mol. The largest absolute Gasteiger partial charge is 0.463 e. The van der Waals surface area contributed by atoms with E-state index in [2.05, 4.69) is 10.3 Å². The van der Waals surface area contributed by atoms with Gasteiger partial charge in [0, 0.05) is 24.1 Å². The lowest BCUT2D eigenvalue weighted by Crippen LogP contribution is -2.04. The summed E-state index contributed by atoms with van der Waals surface area (Å²) in [4.78, 5) is 26.5. The molecule has 0 aromatic carbocycles. The topological polar surface area (TPSA) is 68.3 Å². The number of amides is 1. The highest BCUT2D eigenvalue weighted by molar-refractivity contribution is 7.16. The summed E-state index contributed by atoms with van der Waals surface area (Å²) in [5.74, 6) is -0.563. The minimum atomic E-state index is -0.392. The first-order valence-electron chi connectivity index (χ1n) is 4.70. The molecule has 86 valence electrons. The van der Waals surface area contributed by atoms with E-state index in [1.165, 1.54) is 24.3 Å². The van der Waals surface area contributed by atoms with Gasteiger partial charge in [-0.25, -0.2) is 9.78 Å². The number of carbonyl (C=O) groups excluding carboxylic acids is 2. The van der Waals surface area contributed by atoms with Gasteiger partial charge < -0.3 is 10.1 Å². The fourth-order valence-electron chi connectivity index (χ4n) is 0.913. The second-order valence-corrected chi connectivity index (χ2v) is 3.90. The summed E-state index contributed by atoms with van der Waals surface area (Å²) >= 11 is 1.28. The molecule has 1 N–H and O–H groups in total. The average Bonchev–Trinajstić information content (AvgIpc) is 2.62. The van der Waals surface area contributed by atoms with Crippen molar-refractivity contribution in [2.75, 3.05) is 11.9 Å². The highest BCUT2D eigenvalue weighted by atomic mass is 32.1. The van der Waals surface area contributed by atoms with Crippen molar-refractivity contribution in [1.29, 1.82) is 0 Å². The molecule has 1 aromatic heterocycles. The van der Waals surface area contributed by atoms with E-state index in [1.54, 1.807) is 19.2 Å². The molecule has 1 amide bonds. The van der Waals surface area contributed by atoms with Gasteiger partial charge in [0.05, 0.1) is 6.61 Å². The van der Waals surface area contributed by atoms with E-state index in [4.69, 9.17) is 4.74 Å². The van der Waals surface area contributed by atoms with Crippen LogP contribution in [0.3, 0.4) is 0 Å². The van der Waals surface area contributed by atoms with Gasteiger partial charge in [-0.15, -0.1) is 0 Å². The molecule has 0 radical (unpaired) electrons. The van der Waals surface area contributed by atoms with Gasteiger partial charge in [0.15, 0.2) is 5.13 Å². The van der Waals surface area contributed by atoms with Crippen molar-refractivity contribution in [2.45, 2.75) is 13.8 Å². The third-order valence-corrected chi connectivity index (χ3v) is 2.35. The number of thiazole rings is 1. The van der Waals surface area contributed by atoms with Gasteiger partial charge in [-0.05, 0) is 13.0 Å². The van der Waals surface area contributed by atoms with Crippen LogP contribution in [0.2, 0.25) is 0 Å². The lowest BCUT2D eigenvalue weighted by atomic mass is 10.4. The molecule has 6 heteroatoms. The number of aromatic nitrogens is 1. The van der Waals surface area contributed by atoms with Crippen LogP contribution in [0.1, 0.15) is 18.7 Å². The molecule has 1 aromatic rings. The van der Waals surface area contributed by atoms with Crippen LogP contribution >= 0.6 is 11.3 Å². The molecule has 0 aliphatic carbocycles. The highest BCUT2D eigenvalue weighted by Crippen LogP contribution is 2.19. The third-order valence-electron chi connectivity index (χ3n) is 1.48. The Kier molecular flexibility index (Phi) is 4.65. The summed E-state index contributed by atoms with van der Waals surface area (Å²) in [5, 5.41) is 3.07. The molecule has 1 heterocycles. The van der Waals surface area contributed by atoms with E-state index in [-0.39, 0.29) is 5.91 Å². The standard InChI is InChI=1S/C10H12N2O3S/c1-3-15-9(14)5-4-8-6-11-10(16-8)12-7(2)13/h4-6H,3H2,1-2H3,(H,11,12,13)/b5-4-. The molecule has 0 atom stereocenters. The molecule has 0 unspecified atom stereocenters. The van der Waals surface area contributed by atoms with E-state index in [0.717, 1.165) is 4.88 Å². The summed E-state index contributed by atoms with van der Waals surface area (Å²) in [7, 11) is 0. The first-order valence-corrected chi connectivity index (χ1v) is 5.51. The maximum absolute atomic E-state index is 11.0. The van der Waals surface area contributed by atoms with E-state index < -0.39 is 5.97 Å². The molecule has 0 aliphatic heterocycles. The van der Waals surface area contributed by atoms with Gasteiger partial charge in [0.1, 0.15) is 0 Å². The van der Waals surface area contributed by atoms with Gasteiger partial charge >= 0.3 is 5.97 Å². The number of hydrogen-bond acceptors (Lipinski definition) is 5. The molecule has 0 fully saturated rings. The van der Waals surface area contributed by atoms with Crippen molar-refractivity contribution < 1.29 is 14.3 Å². The van der Waals surface area contributed by atoms with Crippen molar-refractivity contribution in [2.24, 2.45) is 0 Å². The Morgan fingerprint density at radius 3 is 3.00 bits per heavy atom. The minimum Gasteiger partial charge on any atom is -0.463 e. The van der Waals surface area contributed by atoms with Crippen LogP contribution in [-0.4, -0.2) is 23.5 Å². The second-order valence-electron chi connectivity index (χ2n) is 2.83. The first-order chi connectivity index (χ1) is 7.61. The molecule has 1 rings (SSSR count). The summed E-state index contributed by atoms with van der Waals surface area (Å²) in [6.45, 7) is 3.51. The maximum Gasteiger partial charge on any atom is 0.330 e. The lowest BCUT2D eigenvalue weighted by Gasteiger charge is -1.93. The Hall–Kier alpha value is -1.69. The predicted molar refractivity (Wildman–Crippen MR) is 62.1 cm³/mol. The Morgan fingerprint density at radius 2 is 2.38 bits per heavy atom. The van der Waals surface area contributed by atoms with Crippen LogP contribution in [0.4, 0.5) is 5.13 Å². The van der Waals surface area contributed by atoms with Crippen molar-refractivity contribution in [3.05, 3.63) is 17.2 Å². The minimum absolute atomic E-state index is 0.171. The van der Waals surface area contributed by atoms with E-state index in [0.29, 0.717) is 11.7 Å². The van der Waals surface area contributed by atoms with Crippen LogP contribution in [0, 0.1) is 0 Å². The van der Waals surface area contributed by atoms with Crippen LogP contribution in [0.25, 0.3) is 6.08 Å². The Labute approximate surface area is 97.1 Å². The molecular weight excluding hydrogens is 228 g/mol. The number of hydrogen-bond donors (Lipinski definition) is 1. The van der Waals surface area contributed by atoms with Crippen LogP contribution < -0.4 is 5.32 Å². The molecule has 5 nitrogen and oxygen atoms in total. The Bertz CT molecular complexity index is 412. The summed E-state index contributed by atoms with van der Waals surface area (Å²) < 4.78 is 4.72. The van der Waals surface area contributed by atoms with E-state index in [9.17, 15) is 9.59 Å². The molecule has 0 aliphatic rings. The van der Waals surface area contributed by atoms with Crippen molar-refractivity contribution in [3.8, 4) is 0 Å². The lowest BCUT2D eigenvalue weighted by molar-refractivity contribution is -0.137. The Balaban J connectivity index is 2.58. The zero-order valence-corrected chi connectivity index (χ0v) is 9.84. The monoisotopic (exact) mass is 240 g/mol. The molecular formula is C10H12N2O3S. The number of nitrogens with zero attached hydrogens (tertiary/aromatic N) is 1. The summed E-state index contributed by atoms with van der Waals surface area (Å²) in [6, 6.07) is 0. The Morgan fingerprint density at radius 1 is 1.62 bits per heavy atom. The quantitative estimate of drug-likeness (QED) is 0.642. The van der Waals surface area contributed by atoms with Gasteiger partial charge in [-0.2, -0.15) is 0 Å².